The fourth-order valence-corrected chi connectivity index (χ4v) is 2.45. The molecule has 0 aliphatic heterocycles. The fourth-order valence-electron chi connectivity index (χ4n) is 2.45. The number of aromatic nitrogens is 2. The Balaban J connectivity index is 2.02. The van der Waals surface area contributed by atoms with E-state index in [2.05, 4.69) is 10.4 Å². The molecule has 0 fully saturated rings. The van der Waals surface area contributed by atoms with Crippen molar-refractivity contribution < 1.29 is 13.6 Å². The van der Waals surface area contributed by atoms with Gasteiger partial charge in [-0.1, -0.05) is 13.0 Å². The Kier molecular flexibility index (Phi) is 4.90. The van der Waals surface area contributed by atoms with Crippen molar-refractivity contribution in [3.8, 4) is 0 Å². The summed E-state index contributed by atoms with van der Waals surface area (Å²) in [5.74, 6) is -0.798. The van der Waals surface area contributed by atoms with Crippen LogP contribution in [0.25, 0.3) is 0 Å². The molecular weight excluding hydrogens is 288 g/mol. The number of hydrogen-bond donors (Lipinski definition) is 1. The Hall–Kier alpha value is -2.24. The number of amides is 1. The van der Waals surface area contributed by atoms with Crippen LogP contribution in [-0.4, -0.2) is 15.7 Å². The summed E-state index contributed by atoms with van der Waals surface area (Å²) in [5.41, 5.74) is 2.20. The first-order valence-electron chi connectivity index (χ1n) is 7.18. The zero-order chi connectivity index (χ0) is 16.3. The van der Waals surface area contributed by atoms with E-state index in [1.165, 1.54) is 12.1 Å². The number of hydrogen-bond acceptors (Lipinski definition) is 2. The zero-order valence-corrected chi connectivity index (χ0v) is 12.9. The van der Waals surface area contributed by atoms with Gasteiger partial charge in [0.2, 0.25) is 5.91 Å². The van der Waals surface area contributed by atoms with Crippen molar-refractivity contribution in [2.24, 2.45) is 7.05 Å². The standard InChI is InChI=1S/C16H19F2N3O/c1-4-13-10(2)20-21(3)16(13)19-15(22)8-6-11-5-7-12(17)9-14(11)18/h5,7,9H,4,6,8H2,1-3H3,(H,19,22). The van der Waals surface area contributed by atoms with Crippen LogP contribution in [-0.2, 0) is 24.7 Å². The zero-order valence-electron chi connectivity index (χ0n) is 12.9. The maximum atomic E-state index is 13.5. The fraction of sp³-hybridized carbons (Fsp3) is 0.375. The lowest BCUT2D eigenvalue weighted by Crippen LogP contribution is -2.16. The molecule has 0 saturated heterocycles. The van der Waals surface area contributed by atoms with Gasteiger partial charge < -0.3 is 5.32 Å². The first-order valence-corrected chi connectivity index (χ1v) is 7.18. The third kappa shape index (κ3) is 3.50. The lowest BCUT2D eigenvalue weighted by Gasteiger charge is -2.08. The summed E-state index contributed by atoms with van der Waals surface area (Å²) in [6.07, 6.45) is 1.11. The summed E-state index contributed by atoms with van der Waals surface area (Å²) in [4.78, 5) is 12.0. The van der Waals surface area contributed by atoms with Crippen molar-refractivity contribution in [2.45, 2.75) is 33.1 Å². The molecule has 0 atom stereocenters. The Morgan fingerprint density at radius 2 is 2.09 bits per heavy atom. The van der Waals surface area contributed by atoms with Crippen LogP contribution < -0.4 is 5.32 Å². The van der Waals surface area contributed by atoms with Gasteiger partial charge in [0.15, 0.2) is 0 Å². The topological polar surface area (TPSA) is 46.9 Å². The lowest BCUT2D eigenvalue weighted by molar-refractivity contribution is -0.116. The Labute approximate surface area is 128 Å². The van der Waals surface area contributed by atoms with E-state index in [4.69, 9.17) is 0 Å². The summed E-state index contributed by atoms with van der Waals surface area (Å²) in [5, 5.41) is 7.09. The molecule has 0 bridgehead atoms. The molecule has 0 unspecified atom stereocenters. The minimum Gasteiger partial charge on any atom is -0.311 e. The highest BCUT2D eigenvalue weighted by Gasteiger charge is 2.14. The van der Waals surface area contributed by atoms with Gasteiger partial charge in [-0.2, -0.15) is 5.10 Å². The second-order valence-corrected chi connectivity index (χ2v) is 5.17. The molecule has 118 valence electrons. The molecule has 1 heterocycles. The van der Waals surface area contributed by atoms with Gasteiger partial charge in [-0.05, 0) is 31.4 Å². The van der Waals surface area contributed by atoms with E-state index in [1.54, 1.807) is 11.7 Å². The van der Waals surface area contributed by atoms with Crippen molar-refractivity contribution in [1.29, 1.82) is 0 Å². The van der Waals surface area contributed by atoms with Gasteiger partial charge in [-0.25, -0.2) is 8.78 Å². The van der Waals surface area contributed by atoms with Gasteiger partial charge in [0.25, 0.3) is 0 Å². The molecule has 0 aliphatic rings. The normalized spacial score (nSPS) is 10.8. The lowest BCUT2D eigenvalue weighted by atomic mass is 10.1. The third-order valence-electron chi connectivity index (χ3n) is 3.59. The van der Waals surface area contributed by atoms with Crippen LogP contribution in [0.1, 0.15) is 30.2 Å². The molecule has 0 aliphatic carbocycles. The number of rotatable bonds is 5. The molecule has 1 aromatic heterocycles. The third-order valence-corrected chi connectivity index (χ3v) is 3.59. The number of carbonyl (C=O) groups is 1. The van der Waals surface area contributed by atoms with Gasteiger partial charge in [-0.15, -0.1) is 0 Å². The minimum absolute atomic E-state index is 0.121. The minimum atomic E-state index is -0.626. The van der Waals surface area contributed by atoms with Crippen LogP contribution in [0.2, 0.25) is 0 Å². The number of halogens is 2. The number of benzene rings is 1. The van der Waals surface area contributed by atoms with E-state index in [0.717, 1.165) is 23.7 Å². The Bertz CT molecular complexity index is 695. The van der Waals surface area contributed by atoms with Gasteiger partial charge in [0.1, 0.15) is 17.5 Å². The van der Waals surface area contributed by atoms with Crippen molar-refractivity contribution in [1.82, 2.24) is 9.78 Å². The molecule has 0 radical (unpaired) electrons. The maximum absolute atomic E-state index is 13.5. The number of nitrogens with one attached hydrogen (secondary N) is 1. The van der Waals surface area contributed by atoms with Crippen LogP contribution in [0.15, 0.2) is 18.2 Å². The molecule has 6 heteroatoms. The molecule has 1 aromatic carbocycles. The molecule has 0 saturated carbocycles. The van der Waals surface area contributed by atoms with E-state index in [1.807, 2.05) is 13.8 Å². The summed E-state index contributed by atoms with van der Waals surface area (Å²) in [7, 11) is 1.77. The number of nitrogens with zero attached hydrogens (tertiary/aromatic N) is 2. The van der Waals surface area contributed by atoms with Crippen molar-refractivity contribution >= 4 is 11.7 Å². The second kappa shape index (κ2) is 6.68. The molecule has 1 N–H and O–H groups in total. The molecule has 1 amide bonds. The quantitative estimate of drug-likeness (QED) is 0.922. The number of aryl methyl sites for hydroxylation is 3. The average molecular weight is 307 g/mol. The summed E-state index contributed by atoms with van der Waals surface area (Å²) in [6, 6.07) is 3.38. The van der Waals surface area contributed by atoms with Crippen LogP contribution in [0.5, 0.6) is 0 Å². The summed E-state index contributed by atoms with van der Waals surface area (Å²) >= 11 is 0. The van der Waals surface area contributed by atoms with Crippen molar-refractivity contribution in [3.05, 3.63) is 46.7 Å². The molecule has 0 spiro atoms. The van der Waals surface area contributed by atoms with E-state index in [9.17, 15) is 13.6 Å². The summed E-state index contributed by atoms with van der Waals surface area (Å²) < 4.78 is 28.0. The highest BCUT2D eigenvalue weighted by atomic mass is 19.1. The van der Waals surface area contributed by atoms with Crippen LogP contribution in [0, 0.1) is 18.6 Å². The highest BCUT2D eigenvalue weighted by Crippen LogP contribution is 2.20. The van der Waals surface area contributed by atoms with Crippen molar-refractivity contribution in [2.75, 3.05) is 5.32 Å². The first kappa shape index (κ1) is 16.1. The van der Waals surface area contributed by atoms with Gasteiger partial charge in [-0.3, -0.25) is 9.48 Å². The Morgan fingerprint density at radius 1 is 1.36 bits per heavy atom. The predicted molar refractivity (Wildman–Crippen MR) is 80.6 cm³/mol. The van der Waals surface area contributed by atoms with E-state index in [-0.39, 0.29) is 18.7 Å². The number of anilines is 1. The van der Waals surface area contributed by atoms with Gasteiger partial charge >= 0.3 is 0 Å². The van der Waals surface area contributed by atoms with Gasteiger partial charge in [0.05, 0.1) is 5.69 Å². The Morgan fingerprint density at radius 3 is 2.73 bits per heavy atom. The smallest absolute Gasteiger partial charge is 0.225 e. The van der Waals surface area contributed by atoms with Crippen LogP contribution >= 0.6 is 0 Å². The van der Waals surface area contributed by atoms with E-state index in [0.29, 0.717) is 11.4 Å². The summed E-state index contributed by atoms with van der Waals surface area (Å²) in [6.45, 7) is 3.88. The van der Waals surface area contributed by atoms with Crippen molar-refractivity contribution in [3.63, 3.8) is 0 Å². The van der Waals surface area contributed by atoms with E-state index >= 15 is 0 Å². The highest BCUT2D eigenvalue weighted by molar-refractivity contribution is 5.90. The van der Waals surface area contributed by atoms with Crippen LogP contribution in [0.4, 0.5) is 14.6 Å². The monoisotopic (exact) mass is 307 g/mol. The van der Waals surface area contributed by atoms with Crippen LogP contribution in [0.3, 0.4) is 0 Å². The van der Waals surface area contributed by atoms with E-state index < -0.39 is 11.6 Å². The molecule has 2 rings (SSSR count). The predicted octanol–water partition coefficient (Wildman–Crippen LogP) is 3.14. The molecule has 4 nitrogen and oxygen atoms in total. The second-order valence-electron chi connectivity index (χ2n) is 5.17. The van der Waals surface area contributed by atoms with Gasteiger partial charge in [0, 0.05) is 25.1 Å². The average Bonchev–Trinajstić information content (AvgIpc) is 2.71. The SMILES string of the molecule is CCc1c(C)nn(C)c1NC(=O)CCc1ccc(F)cc1F. The maximum Gasteiger partial charge on any atom is 0.225 e. The first-order chi connectivity index (χ1) is 10.4. The number of carbonyl (C=O) groups excluding carboxylic acids is 1. The molecule has 2 aromatic rings. The molecule has 22 heavy (non-hydrogen) atoms. The molecular formula is C16H19F2N3O. The largest absolute Gasteiger partial charge is 0.311 e.